The molecule has 1 atom stereocenters. The van der Waals surface area contributed by atoms with Gasteiger partial charge in [-0.2, -0.15) is 0 Å². The zero-order valence-corrected chi connectivity index (χ0v) is 11.2. The lowest BCUT2D eigenvalue weighted by atomic mass is 10.1. The van der Waals surface area contributed by atoms with Gasteiger partial charge in [0, 0.05) is 17.7 Å². The predicted octanol–water partition coefficient (Wildman–Crippen LogP) is 2.26. The zero-order chi connectivity index (χ0) is 13.1. The first-order valence-corrected chi connectivity index (χ1v) is 6.25. The summed E-state index contributed by atoms with van der Waals surface area (Å²) in [5.74, 6) is 1.05. The normalized spacial score (nSPS) is 15.9. The standard InChI is InChI=1S/C13H16ClNO3/c1-17-9-5-6-10(11(7-9)18-2)12(14)13(16)15-8-3-4-8/h5-8,12H,3-4H2,1-2H3,(H,15,16). The lowest BCUT2D eigenvalue weighted by Crippen LogP contribution is -2.28. The molecule has 0 aromatic heterocycles. The summed E-state index contributed by atoms with van der Waals surface area (Å²) in [7, 11) is 3.12. The second-order valence-corrected chi connectivity index (χ2v) is 4.69. The fourth-order valence-electron chi connectivity index (χ4n) is 1.67. The molecule has 1 saturated carbocycles. The molecule has 1 amide bonds. The van der Waals surface area contributed by atoms with Crippen molar-refractivity contribution in [2.45, 2.75) is 24.3 Å². The quantitative estimate of drug-likeness (QED) is 0.834. The van der Waals surface area contributed by atoms with Crippen LogP contribution in [0.2, 0.25) is 0 Å². The largest absolute Gasteiger partial charge is 0.497 e. The van der Waals surface area contributed by atoms with Gasteiger partial charge in [-0.1, -0.05) is 0 Å². The van der Waals surface area contributed by atoms with Crippen LogP contribution < -0.4 is 14.8 Å². The van der Waals surface area contributed by atoms with Crippen molar-refractivity contribution in [2.75, 3.05) is 14.2 Å². The van der Waals surface area contributed by atoms with E-state index in [1.165, 1.54) is 0 Å². The molecule has 1 aliphatic carbocycles. The molecule has 0 heterocycles. The summed E-state index contributed by atoms with van der Waals surface area (Å²) < 4.78 is 10.3. The van der Waals surface area contributed by atoms with Crippen LogP contribution in [0.25, 0.3) is 0 Å². The van der Waals surface area contributed by atoms with E-state index in [0.29, 0.717) is 23.1 Å². The highest BCUT2D eigenvalue weighted by atomic mass is 35.5. The van der Waals surface area contributed by atoms with Gasteiger partial charge in [0.25, 0.3) is 0 Å². The van der Waals surface area contributed by atoms with E-state index in [2.05, 4.69) is 5.32 Å². The van der Waals surface area contributed by atoms with E-state index in [1.807, 2.05) is 0 Å². The molecule has 1 aromatic rings. The van der Waals surface area contributed by atoms with Gasteiger partial charge < -0.3 is 14.8 Å². The third kappa shape index (κ3) is 2.88. The molecular formula is C13H16ClNO3. The van der Waals surface area contributed by atoms with Gasteiger partial charge >= 0.3 is 0 Å². The number of ether oxygens (including phenoxy) is 2. The van der Waals surface area contributed by atoms with Gasteiger partial charge in [-0.15, -0.1) is 11.6 Å². The number of benzene rings is 1. The van der Waals surface area contributed by atoms with Crippen molar-refractivity contribution in [3.63, 3.8) is 0 Å². The molecule has 1 N–H and O–H groups in total. The summed E-state index contributed by atoms with van der Waals surface area (Å²) in [4.78, 5) is 11.9. The van der Waals surface area contributed by atoms with Gasteiger partial charge in [0.05, 0.1) is 14.2 Å². The highest BCUT2D eigenvalue weighted by molar-refractivity contribution is 6.31. The first kappa shape index (κ1) is 13.0. The van der Waals surface area contributed by atoms with Crippen molar-refractivity contribution < 1.29 is 14.3 Å². The van der Waals surface area contributed by atoms with Gasteiger partial charge in [-0.05, 0) is 25.0 Å². The van der Waals surface area contributed by atoms with Crippen LogP contribution in [0.5, 0.6) is 11.5 Å². The number of nitrogens with one attached hydrogen (secondary N) is 1. The lowest BCUT2D eigenvalue weighted by molar-refractivity contribution is -0.121. The summed E-state index contributed by atoms with van der Waals surface area (Å²) in [6.45, 7) is 0. The third-order valence-electron chi connectivity index (χ3n) is 2.87. The van der Waals surface area contributed by atoms with Gasteiger partial charge in [-0.25, -0.2) is 0 Å². The Morgan fingerprint density at radius 1 is 1.39 bits per heavy atom. The molecule has 5 heteroatoms. The second kappa shape index (κ2) is 5.48. The van der Waals surface area contributed by atoms with E-state index >= 15 is 0 Å². The Morgan fingerprint density at radius 3 is 2.67 bits per heavy atom. The molecule has 1 aromatic carbocycles. The molecular weight excluding hydrogens is 254 g/mol. The number of alkyl halides is 1. The van der Waals surface area contributed by atoms with Gasteiger partial charge in [-0.3, -0.25) is 4.79 Å². The zero-order valence-electron chi connectivity index (χ0n) is 10.4. The van der Waals surface area contributed by atoms with Crippen LogP contribution in [0.3, 0.4) is 0 Å². The van der Waals surface area contributed by atoms with E-state index in [0.717, 1.165) is 12.8 Å². The number of carbonyl (C=O) groups excluding carboxylic acids is 1. The number of methoxy groups -OCH3 is 2. The van der Waals surface area contributed by atoms with E-state index < -0.39 is 5.38 Å². The summed E-state index contributed by atoms with van der Waals surface area (Å²) in [6.07, 6.45) is 2.07. The number of hydrogen-bond acceptors (Lipinski definition) is 3. The Hall–Kier alpha value is -1.42. The van der Waals surface area contributed by atoms with Crippen LogP contribution in [-0.4, -0.2) is 26.2 Å². The van der Waals surface area contributed by atoms with E-state index in [1.54, 1.807) is 32.4 Å². The average molecular weight is 270 g/mol. The summed E-state index contributed by atoms with van der Waals surface area (Å²) in [5.41, 5.74) is 0.651. The maximum atomic E-state index is 11.9. The minimum Gasteiger partial charge on any atom is -0.497 e. The molecule has 98 valence electrons. The molecule has 0 saturated heterocycles. The van der Waals surface area contributed by atoms with Crippen molar-refractivity contribution >= 4 is 17.5 Å². The minimum absolute atomic E-state index is 0.178. The maximum absolute atomic E-state index is 11.9. The summed E-state index contributed by atoms with van der Waals surface area (Å²) >= 11 is 6.18. The van der Waals surface area contributed by atoms with Crippen LogP contribution >= 0.6 is 11.6 Å². The Kier molecular flexibility index (Phi) is 3.97. The van der Waals surface area contributed by atoms with Gasteiger partial charge in [0.15, 0.2) is 0 Å². The summed E-state index contributed by atoms with van der Waals surface area (Å²) in [6, 6.07) is 5.53. The Labute approximate surface area is 111 Å². The molecule has 1 fully saturated rings. The van der Waals surface area contributed by atoms with Gasteiger partial charge in [0.1, 0.15) is 16.9 Å². The van der Waals surface area contributed by atoms with Crippen LogP contribution in [-0.2, 0) is 4.79 Å². The molecule has 4 nitrogen and oxygen atoms in total. The van der Waals surface area contributed by atoms with Gasteiger partial charge in [0.2, 0.25) is 5.91 Å². The number of hydrogen-bond donors (Lipinski definition) is 1. The van der Waals surface area contributed by atoms with Crippen LogP contribution in [0.15, 0.2) is 18.2 Å². The Bertz CT molecular complexity index is 446. The molecule has 0 bridgehead atoms. The monoisotopic (exact) mass is 269 g/mol. The molecule has 1 unspecified atom stereocenters. The first-order valence-electron chi connectivity index (χ1n) is 5.82. The topological polar surface area (TPSA) is 47.6 Å². The smallest absolute Gasteiger partial charge is 0.242 e. The fraction of sp³-hybridized carbons (Fsp3) is 0.462. The van der Waals surface area contributed by atoms with Crippen LogP contribution in [0, 0.1) is 0 Å². The number of carbonyl (C=O) groups is 1. The maximum Gasteiger partial charge on any atom is 0.242 e. The lowest BCUT2D eigenvalue weighted by Gasteiger charge is -2.14. The highest BCUT2D eigenvalue weighted by Crippen LogP contribution is 2.33. The number of rotatable bonds is 5. The van der Waals surface area contributed by atoms with Crippen molar-refractivity contribution in [3.05, 3.63) is 23.8 Å². The van der Waals surface area contributed by atoms with Crippen molar-refractivity contribution in [1.82, 2.24) is 5.32 Å². The number of halogens is 1. The van der Waals surface area contributed by atoms with E-state index in [9.17, 15) is 4.79 Å². The fourth-order valence-corrected chi connectivity index (χ4v) is 1.91. The Balaban J connectivity index is 2.17. The van der Waals surface area contributed by atoms with Crippen LogP contribution in [0.1, 0.15) is 23.8 Å². The van der Waals surface area contributed by atoms with Crippen molar-refractivity contribution in [3.8, 4) is 11.5 Å². The molecule has 0 radical (unpaired) electrons. The second-order valence-electron chi connectivity index (χ2n) is 4.25. The summed E-state index contributed by atoms with van der Waals surface area (Å²) in [5, 5.41) is 2.13. The predicted molar refractivity (Wildman–Crippen MR) is 69.3 cm³/mol. The minimum atomic E-state index is -0.744. The van der Waals surface area contributed by atoms with E-state index in [-0.39, 0.29) is 5.91 Å². The van der Waals surface area contributed by atoms with E-state index in [4.69, 9.17) is 21.1 Å². The van der Waals surface area contributed by atoms with Crippen molar-refractivity contribution in [1.29, 1.82) is 0 Å². The Morgan fingerprint density at radius 2 is 2.11 bits per heavy atom. The molecule has 18 heavy (non-hydrogen) atoms. The van der Waals surface area contributed by atoms with Crippen LogP contribution in [0.4, 0.5) is 0 Å². The number of amides is 1. The molecule has 0 aliphatic heterocycles. The molecule has 1 aliphatic rings. The highest BCUT2D eigenvalue weighted by Gasteiger charge is 2.28. The SMILES string of the molecule is COc1ccc(C(Cl)C(=O)NC2CC2)c(OC)c1. The average Bonchev–Trinajstić information content (AvgIpc) is 3.20. The first-order chi connectivity index (χ1) is 8.65. The van der Waals surface area contributed by atoms with Crippen molar-refractivity contribution in [2.24, 2.45) is 0 Å². The third-order valence-corrected chi connectivity index (χ3v) is 3.30. The molecule has 2 rings (SSSR count). The molecule has 0 spiro atoms.